The molecule has 74 valence electrons. The molecule has 0 fully saturated rings. The Morgan fingerprint density at radius 1 is 0.917 bits per heavy atom. The summed E-state index contributed by atoms with van der Waals surface area (Å²) in [5.41, 5.74) is 0. The molecule has 0 aromatic carbocycles. The third kappa shape index (κ3) is 5.47. The highest BCUT2D eigenvalue weighted by Crippen LogP contribution is 2.22. The lowest BCUT2D eigenvalue weighted by molar-refractivity contribution is 0.715. The average Bonchev–Trinajstić information content (AvgIpc) is 2.02. The highest BCUT2D eigenvalue weighted by molar-refractivity contribution is 7.87. The maximum atomic E-state index is 4.43. The third-order valence-electron chi connectivity index (χ3n) is 1.67. The summed E-state index contributed by atoms with van der Waals surface area (Å²) in [6.45, 7) is 2.04. The predicted octanol–water partition coefficient (Wildman–Crippen LogP) is 2.52. The fraction of sp³-hybridized carbons (Fsp3) is 1.00. The second kappa shape index (κ2) is 7.10. The Morgan fingerprint density at radius 2 is 1.42 bits per heavy atom. The van der Waals surface area contributed by atoms with E-state index < -0.39 is 0 Å². The minimum Gasteiger partial charge on any atom is -0.178 e. The van der Waals surface area contributed by atoms with Crippen molar-refractivity contribution in [2.24, 2.45) is 0 Å². The van der Waals surface area contributed by atoms with Crippen LogP contribution in [0.5, 0.6) is 0 Å². The van der Waals surface area contributed by atoms with Gasteiger partial charge < -0.3 is 0 Å². The highest BCUT2D eigenvalue weighted by Gasteiger charge is 2.18. The number of hydrogen-bond donors (Lipinski definition) is 5. The summed E-state index contributed by atoms with van der Waals surface area (Å²) in [5.74, 6) is 0.749. The maximum Gasteiger partial charge on any atom is 0.0222 e. The van der Waals surface area contributed by atoms with Gasteiger partial charge in [-0.25, -0.2) is 0 Å². The van der Waals surface area contributed by atoms with Crippen LogP contribution in [0.4, 0.5) is 0 Å². The van der Waals surface area contributed by atoms with Crippen molar-refractivity contribution in [2.45, 2.75) is 34.3 Å². The van der Waals surface area contributed by atoms with Gasteiger partial charge in [0.15, 0.2) is 0 Å². The quantitative estimate of drug-likeness (QED) is 0.461. The normalized spacial score (nSPS) is 21.5. The van der Waals surface area contributed by atoms with Crippen LogP contribution in [0.1, 0.15) is 13.3 Å². The lowest BCUT2D eigenvalue weighted by Gasteiger charge is -2.21. The Balaban J connectivity index is 3.75. The second-order valence-electron chi connectivity index (χ2n) is 2.86. The molecule has 0 nitrogen and oxygen atoms in total. The summed E-state index contributed by atoms with van der Waals surface area (Å²) in [5, 5.41) is 1.06. The molecule has 5 heteroatoms. The fourth-order valence-corrected chi connectivity index (χ4v) is 2.11. The van der Waals surface area contributed by atoms with E-state index in [9.17, 15) is 0 Å². The van der Waals surface area contributed by atoms with Crippen molar-refractivity contribution in [1.29, 1.82) is 0 Å². The lowest BCUT2D eigenvalue weighted by atomic mass is 10.1. The zero-order valence-corrected chi connectivity index (χ0v) is 11.4. The Hall–Kier alpha value is 1.75. The van der Waals surface area contributed by atoms with Crippen LogP contribution >= 0.6 is 63.1 Å². The third-order valence-corrected chi connectivity index (χ3v) is 4.95. The number of thiol groups is 5. The van der Waals surface area contributed by atoms with Crippen molar-refractivity contribution in [1.82, 2.24) is 0 Å². The number of rotatable bonds is 5. The minimum atomic E-state index is 0.235. The molecule has 0 N–H and O–H groups in total. The molecule has 0 saturated heterocycles. The molecule has 0 aromatic heterocycles. The molecule has 0 amide bonds. The molecule has 12 heavy (non-hydrogen) atoms. The number of hydrogen-bond acceptors (Lipinski definition) is 5. The second-order valence-corrected chi connectivity index (χ2v) is 6.03. The molecule has 0 saturated carbocycles. The van der Waals surface area contributed by atoms with Gasteiger partial charge in [0.05, 0.1) is 0 Å². The summed E-state index contributed by atoms with van der Waals surface area (Å²) in [7, 11) is 0. The molecule has 0 spiro atoms. The van der Waals surface area contributed by atoms with Gasteiger partial charge in [0.25, 0.3) is 0 Å². The van der Waals surface area contributed by atoms with Gasteiger partial charge in [-0.3, -0.25) is 0 Å². The van der Waals surface area contributed by atoms with Gasteiger partial charge in [0.1, 0.15) is 0 Å². The first-order valence-corrected chi connectivity index (χ1v) is 6.52. The molecule has 0 radical (unpaired) electrons. The molecule has 0 aliphatic heterocycles. The SMILES string of the molecule is CC(S)C(S)CC(S)C(S)CS. The van der Waals surface area contributed by atoms with Crippen LogP contribution in [0.15, 0.2) is 0 Å². The Kier molecular flexibility index (Phi) is 8.13. The Labute approximate surface area is 103 Å². The predicted molar refractivity (Wildman–Crippen MR) is 75.2 cm³/mol. The van der Waals surface area contributed by atoms with E-state index in [-0.39, 0.29) is 15.7 Å². The van der Waals surface area contributed by atoms with Crippen molar-refractivity contribution in [2.75, 3.05) is 5.75 Å². The van der Waals surface area contributed by atoms with Gasteiger partial charge in [-0.1, -0.05) is 6.92 Å². The average molecular weight is 261 g/mol. The maximum absolute atomic E-state index is 4.43. The van der Waals surface area contributed by atoms with Crippen LogP contribution in [0.3, 0.4) is 0 Å². The molecule has 4 atom stereocenters. The fourth-order valence-electron chi connectivity index (χ4n) is 0.723. The van der Waals surface area contributed by atoms with E-state index in [1.165, 1.54) is 0 Å². The summed E-state index contributed by atoms with van der Waals surface area (Å²) < 4.78 is 0. The first kappa shape index (κ1) is 13.8. The van der Waals surface area contributed by atoms with Crippen molar-refractivity contribution < 1.29 is 0 Å². The van der Waals surface area contributed by atoms with Gasteiger partial charge >= 0.3 is 0 Å². The van der Waals surface area contributed by atoms with Crippen LogP contribution < -0.4 is 0 Å². The smallest absolute Gasteiger partial charge is 0.0222 e. The molecule has 0 rings (SSSR count). The van der Waals surface area contributed by atoms with E-state index in [0.717, 1.165) is 12.2 Å². The molecule has 4 unspecified atom stereocenters. The van der Waals surface area contributed by atoms with Gasteiger partial charge in [0.2, 0.25) is 0 Å². The molecule has 0 aliphatic carbocycles. The first-order chi connectivity index (χ1) is 5.49. The monoisotopic (exact) mass is 260 g/mol. The molecule has 0 heterocycles. The van der Waals surface area contributed by atoms with Gasteiger partial charge in [0, 0.05) is 26.8 Å². The molecule has 0 aromatic rings. The van der Waals surface area contributed by atoms with E-state index in [1.807, 2.05) is 6.92 Å². The lowest BCUT2D eigenvalue weighted by Crippen LogP contribution is -2.24. The van der Waals surface area contributed by atoms with Crippen molar-refractivity contribution in [3.05, 3.63) is 0 Å². The van der Waals surface area contributed by atoms with E-state index >= 15 is 0 Å². The molecule has 0 aliphatic rings. The van der Waals surface area contributed by atoms with Crippen molar-refractivity contribution in [3.8, 4) is 0 Å². The topological polar surface area (TPSA) is 0 Å². The van der Waals surface area contributed by atoms with Crippen LogP contribution in [0.25, 0.3) is 0 Å². The largest absolute Gasteiger partial charge is 0.178 e. The minimum absolute atomic E-state index is 0.235. The highest BCUT2D eigenvalue weighted by atomic mass is 32.1. The first-order valence-electron chi connectivity index (χ1n) is 3.82. The van der Waals surface area contributed by atoms with E-state index in [4.69, 9.17) is 0 Å². The van der Waals surface area contributed by atoms with Gasteiger partial charge in [-0.15, -0.1) is 0 Å². The molecular formula is C7H16S5. The standard InChI is InChI=1S/C7H16S5/c1-4(9)5(10)2-6(11)7(12)3-8/h4-12H,2-3H2,1H3. The van der Waals surface area contributed by atoms with Crippen LogP contribution in [-0.4, -0.2) is 26.8 Å². The van der Waals surface area contributed by atoms with E-state index in [2.05, 4.69) is 63.1 Å². The summed E-state index contributed by atoms with van der Waals surface area (Å²) >= 11 is 21.7. The van der Waals surface area contributed by atoms with Crippen molar-refractivity contribution in [3.63, 3.8) is 0 Å². The summed E-state index contributed by atoms with van der Waals surface area (Å²) in [6.07, 6.45) is 0.922. The van der Waals surface area contributed by atoms with Crippen LogP contribution in [0.2, 0.25) is 0 Å². The van der Waals surface area contributed by atoms with Gasteiger partial charge in [-0.05, 0) is 6.42 Å². The zero-order chi connectivity index (χ0) is 9.72. The zero-order valence-electron chi connectivity index (χ0n) is 6.96. The summed E-state index contributed by atoms with van der Waals surface area (Å²) in [4.78, 5) is 0. The van der Waals surface area contributed by atoms with Crippen LogP contribution in [0, 0.1) is 0 Å². The van der Waals surface area contributed by atoms with E-state index in [0.29, 0.717) is 5.25 Å². The molecular weight excluding hydrogens is 244 g/mol. The Morgan fingerprint density at radius 3 is 1.75 bits per heavy atom. The summed E-state index contributed by atoms with van der Waals surface area (Å²) in [6, 6.07) is 0. The van der Waals surface area contributed by atoms with E-state index in [1.54, 1.807) is 0 Å². The Bertz CT molecular complexity index is 116. The van der Waals surface area contributed by atoms with Crippen LogP contribution in [-0.2, 0) is 0 Å². The molecule has 0 bridgehead atoms. The van der Waals surface area contributed by atoms with Gasteiger partial charge in [-0.2, -0.15) is 63.1 Å². The van der Waals surface area contributed by atoms with Crippen molar-refractivity contribution >= 4 is 63.1 Å².